The van der Waals surface area contributed by atoms with Gasteiger partial charge in [-0.05, 0) is 53.1 Å². The van der Waals surface area contributed by atoms with Gasteiger partial charge in [0.25, 0.3) is 0 Å². The topological polar surface area (TPSA) is 77.4 Å². The SMILES string of the molecule is CCOC(=O)[C@]12CC1[C@@](C)(c1cccc(F)c1F)N=C(N(COCC[Si](C)(C)C)C(=O)OC(C)(C)C)S2. The van der Waals surface area contributed by atoms with E-state index in [2.05, 4.69) is 19.6 Å². The van der Waals surface area contributed by atoms with Crippen LogP contribution >= 0.6 is 11.8 Å². The van der Waals surface area contributed by atoms with Crippen LogP contribution in [0, 0.1) is 17.6 Å². The van der Waals surface area contributed by atoms with Crippen LogP contribution in [0.15, 0.2) is 23.2 Å². The van der Waals surface area contributed by atoms with E-state index >= 15 is 4.39 Å². The Morgan fingerprint density at radius 1 is 1.24 bits per heavy atom. The van der Waals surface area contributed by atoms with Crippen molar-refractivity contribution in [3.8, 4) is 0 Å². The van der Waals surface area contributed by atoms with Gasteiger partial charge < -0.3 is 14.2 Å². The van der Waals surface area contributed by atoms with Crippen LogP contribution in [0.1, 0.15) is 46.6 Å². The molecule has 1 aromatic carbocycles. The molecule has 1 aliphatic carbocycles. The maximum Gasteiger partial charge on any atom is 0.418 e. The Morgan fingerprint density at radius 3 is 2.51 bits per heavy atom. The van der Waals surface area contributed by atoms with Gasteiger partial charge in [-0.25, -0.2) is 18.5 Å². The summed E-state index contributed by atoms with van der Waals surface area (Å²) in [4.78, 5) is 32.5. The highest BCUT2D eigenvalue weighted by molar-refractivity contribution is 8.15. The van der Waals surface area contributed by atoms with Gasteiger partial charge in [-0.2, -0.15) is 0 Å². The van der Waals surface area contributed by atoms with Gasteiger partial charge in [0.15, 0.2) is 16.8 Å². The summed E-state index contributed by atoms with van der Waals surface area (Å²) in [6, 6.07) is 4.80. The summed E-state index contributed by atoms with van der Waals surface area (Å²) in [5.41, 5.74) is -2.10. The van der Waals surface area contributed by atoms with Crippen LogP contribution in [0.25, 0.3) is 0 Å². The molecule has 0 aromatic heterocycles. The highest BCUT2D eigenvalue weighted by Gasteiger charge is 2.72. The van der Waals surface area contributed by atoms with E-state index in [1.807, 2.05) is 0 Å². The first kappa shape index (κ1) is 29.6. The number of thioether (sulfide) groups is 1. The monoisotopic (exact) mass is 556 g/mol. The molecule has 7 nitrogen and oxygen atoms in total. The van der Waals surface area contributed by atoms with Gasteiger partial charge >= 0.3 is 12.1 Å². The normalized spacial score (nSPS) is 25.1. The second-order valence-electron chi connectivity index (χ2n) is 11.9. The summed E-state index contributed by atoms with van der Waals surface area (Å²) in [6.07, 6.45) is -0.360. The van der Waals surface area contributed by atoms with Crippen LogP contribution in [-0.4, -0.2) is 60.5 Å². The van der Waals surface area contributed by atoms with Crippen molar-refractivity contribution in [1.82, 2.24) is 4.90 Å². The van der Waals surface area contributed by atoms with E-state index in [1.54, 1.807) is 34.6 Å². The number of amidine groups is 1. The second-order valence-corrected chi connectivity index (χ2v) is 18.8. The van der Waals surface area contributed by atoms with E-state index < -0.39 is 53.6 Å². The Balaban J connectivity index is 2.05. The zero-order valence-electron chi connectivity index (χ0n) is 22.9. The number of esters is 1. The van der Waals surface area contributed by atoms with Crippen molar-refractivity contribution in [2.45, 2.75) is 82.6 Å². The molecule has 2 aliphatic rings. The molecule has 1 fully saturated rings. The Morgan fingerprint density at radius 2 is 1.92 bits per heavy atom. The molecule has 37 heavy (non-hydrogen) atoms. The number of rotatable bonds is 8. The molecule has 1 heterocycles. The summed E-state index contributed by atoms with van der Waals surface area (Å²) >= 11 is 1.10. The lowest BCUT2D eigenvalue weighted by Crippen LogP contribution is -2.47. The maximum absolute atomic E-state index is 15.1. The third kappa shape index (κ3) is 6.54. The summed E-state index contributed by atoms with van der Waals surface area (Å²) in [5, 5.41) is 0.148. The number of amides is 1. The quantitative estimate of drug-likeness (QED) is 0.165. The molecule has 1 aliphatic heterocycles. The third-order valence-electron chi connectivity index (χ3n) is 6.37. The minimum atomic E-state index is -1.39. The van der Waals surface area contributed by atoms with E-state index in [9.17, 15) is 14.0 Å². The van der Waals surface area contributed by atoms with Gasteiger partial charge in [0.2, 0.25) is 0 Å². The lowest BCUT2D eigenvalue weighted by molar-refractivity contribution is -0.143. The summed E-state index contributed by atoms with van der Waals surface area (Å²) < 4.78 is 45.1. The summed E-state index contributed by atoms with van der Waals surface area (Å²) in [5.74, 6) is -2.95. The van der Waals surface area contributed by atoms with Crippen LogP contribution < -0.4 is 0 Å². The highest BCUT2D eigenvalue weighted by Crippen LogP contribution is 2.67. The van der Waals surface area contributed by atoms with E-state index in [-0.39, 0.29) is 24.1 Å². The van der Waals surface area contributed by atoms with Crippen molar-refractivity contribution in [3.05, 3.63) is 35.4 Å². The molecule has 1 unspecified atom stereocenters. The van der Waals surface area contributed by atoms with Crippen molar-refractivity contribution in [2.75, 3.05) is 19.9 Å². The predicted molar refractivity (Wildman–Crippen MR) is 143 cm³/mol. The second kappa shape index (κ2) is 10.6. The predicted octanol–water partition coefficient (Wildman–Crippen LogP) is 6.15. The van der Waals surface area contributed by atoms with Crippen molar-refractivity contribution < 1.29 is 32.6 Å². The lowest BCUT2D eigenvalue weighted by Gasteiger charge is -2.37. The number of hydrogen-bond donors (Lipinski definition) is 0. The standard InChI is InChI=1S/C26H38F2N2O5SSi/c1-9-34-21(31)26-15-19(26)25(5,17-11-10-12-18(27)20(17)28)29-22(36-26)30(23(32)35-24(2,3)4)16-33-13-14-37(6,7)8/h10-12,19H,9,13-16H2,1-8H3/t19?,25-,26+/m1/s1. The number of fused-ring (bicyclic) bond motifs is 1. The average molecular weight is 557 g/mol. The van der Waals surface area contributed by atoms with Crippen LogP contribution in [-0.2, 0) is 24.5 Å². The number of carbonyl (C=O) groups excluding carboxylic acids is 2. The van der Waals surface area contributed by atoms with Crippen molar-refractivity contribution >= 4 is 37.1 Å². The molecular formula is C26H38F2N2O5SSi. The summed E-state index contributed by atoms with van der Waals surface area (Å²) in [6.45, 7) is 15.7. The molecular weight excluding hydrogens is 518 g/mol. The van der Waals surface area contributed by atoms with E-state index in [0.29, 0.717) is 13.0 Å². The van der Waals surface area contributed by atoms with Crippen molar-refractivity contribution in [1.29, 1.82) is 0 Å². The van der Waals surface area contributed by atoms with Crippen LogP contribution in [0.4, 0.5) is 13.6 Å². The first-order valence-corrected chi connectivity index (χ1v) is 17.1. The lowest BCUT2D eigenvalue weighted by atomic mass is 9.85. The van der Waals surface area contributed by atoms with E-state index in [0.717, 1.165) is 23.9 Å². The van der Waals surface area contributed by atoms with Gasteiger partial charge in [0.05, 0.1) is 12.1 Å². The van der Waals surface area contributed by atoms with E-state index in [4.69, 9.17) is 19.2 Å². The molecule has 0 N–H and O–H groups in total. The van der Waals surface area contributed by atoms with Crippen molar-refractivity contribution in [3.63, 3.8) is 0 Å². The number of nitrogens with zero attached hydrogens (tertiary/aromatic N) is 2. The molecule has 3 rings (SSSR count). The molecule has 1 amide bonds. The molecule has 1 aromatic rings. The number of aliphatic imine (C=N–C) groups is 1. The van der Waals surface area contributed by atoms with Crippen LogP contribution in [0.2, 0.25) is 25.7 Å². The molecule has 0 bridgehead atoms. The smallest absolute Gasteiger partial charge is 0.418 e. The van der Waals surface area contributed by atoms with E-state index in [1.165, 1.54) is 17.0 Å². The Labute approximate surface area is 223 Å². The molecule has 11 heteroatoms. The molecule has 0 saturated heterocycles. The third-order valence-corrected chi connectivity index (χ3v) is 9.55. The molecule has 206 valence electrons. The van der Waals surface area contributed by atoms with Crippen LogP contribution in [0.3, 0.4) is 0 Å². The first-order valence-electron chi connectivity index (χ1n) is 12.5. The number of benzene rings is 1. The fourth-order valence-corrected chi connectivity index (χ4v) is 6.61. The molecule has 0 radical (unpaired) electrons. The minimum Gasteiger partial charge on any atom is -0.465 e. The zero-order valence-corrected chi connectivity index (χ0v) is 24.8. The number of ether oxygens (including phenoxy) is 3. The van der Waals surface area contributed by atoms with Gasteiger partial charge in [0, 0.05) is 26.2 Å². The van der Waals surface area contributed by atoms with Crippen molar-refractivity contribution in [2.24, 2.45) is 10.9 Å². The maximum atomic E-state index is 15.1. The highest BCUT2D eigenvalue weighted by atomic mass is 32.2. The number of hydrogen-bond acceptors (Lipinski definition) is 7. The Kier molecular flexibility index (Phi) is 8.51. The van der Waals surface area contributed by atoms with Gasteiger partial charge in [-0.1, -0.05) is 43.5 Å². The molecule has 3 atom stereocenters. The number of carbonyl (C=O) groups is 2. The van der Waals surface area contributed by atoms with Gasteiger partial charge in [0.1, 0.15) is 17.1 Å². The zero-order chi connectivity index (χ0) is 27.8. The van der Waals surface area contributed by atoms with Gasteiger partial charge in [-0.15, -0.1) is 0 Å². The average Bonchev–Trinajstić information content (AvgIpc) is 3.51. The minimum absolute atomic E-state index is 0.0188. The summed E-state index contributed by atoms with van der Waals surface area (Å²) in [7, 11) is -1.39. The Bertz CT molecular complexity index is 1070. The Hall–Kier alpha value is -1.98. The van der Waals surface area contributed by atoms with Crippen LogP contribution in [0.5, 0.6) is 0 Å². The fraction of sp³-hybridized carbons (Fsp3) is 0.654. The fourth-order valence-electron chi connectivity index (χ4n) is 4.29. The molecule has 0 spiro atoms. The largest absolute Gasteiger partial charge is 0.465 e. The number of halogens is 2. The molecule has 1 saturated carbocycles. The van der Waals surface area contributed by atoms with Gasteiger partial charge in [-0.3, -0.25) is 9.79 Å². The first-order chi connectivity index (χ1) is 17.0.